The summed E-state index contributed by atoms with van der Waals surface area (Å²) in [6.07, 6.45) is 11.3. The van der Waals surface area contributed by atoms with Crippen LogP contribution in [-0.4, -0.2) is 51.9 Å². The number of anilines is 1. The number of aryl methyl sites for hydroxylation is 1. The summed E-state index contributed by atoms with van der Waals surface area (Å²) in [4.78, 5) is 31.7. The van der Waals surface area contributed by atoms with Crippen LogP contribution in [0.4, 0.5) is 5.95 Å². The molecule has 0 spiro atoms. The second kappa shape index (κ2) is 9.69. The maximum Gasteiger partial charge on any atom is 0.253 e. The van der Waals surface area contributed by atoms with Gasteiger partial charge in [0, 0.05) is 67.4 Å². The van der Waals surface area contributed by atoms with Gasteiger partial charge < -0.3 is 9.80 Å². The molecule has 1 atom stereocenters. The third-order valence-corrected chi connectivity index (χ3v) is 6.81. The average Bonchev–Trinajstić information content (AvgIpc) is 2.89. The molecule has 0 N–H and O–H groups in total. The van der Waals surface area contributed by atoms with E-state index in [1.807, 2.05) is 54.5 Å². The number of carbonyl (C=O) groups excluding carboxylic acids is 1. The highest BCUT2D eigenvalue weighted by molar-refractivity contribution is 5.94. The smallest absolute Gasteiger partial charge is 0.253 e. The van der Waals surface area contributed by atoms with E-state index < -0.39 is 0 Å². The summed E-state index contributed by atoms with van der Waals surface area (Å²) >= 11 is 0. The lowest BCUT2D eigenvalue weighted by Gasteiger charge is -2.34. The van der Waals surface area contributed by atoms with Gasteiger partial charge in [-0.25, -0.2) is 9.97 Å². The van der Waals surface area contributed by atoms with Crippen LogP contribution in [-0.2, 0) is 0 Å². The van der Waals surface area contributed by atoms with Crippen molar-refractivity contribution in [1.29, 1.82) is 0 Å². The van der Waals surface area contributed by atoms with Gasteiger partial charge in [-0.2, -0.15) is 0 Å². The SMILES string of the molecule is Cc1ccc(C(=O)N2CCC[C@H](c3nc(N4CCCCC4)ncc3-c3cccnc3)C2)cc1. The van der Waals surface area contributed by atoms with Crippen LogP contribution < -0.4 is 4.90 Å². The molecule has 1 amide bonds. The number of benzene rings is 1. The summed E-state index contributed by atoms with van der Waals surface area (Å²) in [7, 11) is 0. The van der Waals surface area contributed by atoms with Crippen molar-refractivity contribution >= 4 is 11.9 Å². The quantitative estimate of drug-likeness (QED) is 0.579. The van der Waals surface area contributed by atoms with Crippen molar-refractivity contribution < 1.29 is 4.79 Å². The lowest BCUT2D eigenvalue weighted by Crippen LogP contribution is -2.39. The molecule has 0 radical (unpaired) electrons. The zero-order valence-electron chi connectivity index (χ0n) is 19.3. The van der Waals surface area contributed by atoms with Crippen LogP contribution in [0.1, 0.15) is 59.6 Å². The molecular formula is C27H31N5O. The Kier molecular flexibility index (Phi) is 6.33. The molecule has 5 rings (SSSR count). The summed E-state index contributed by atoms with van der Waals surface area (Å²) in [5.41, 5.74) is 5.01. The molecule has 3 aromatic rings. The number of hydrogen-bond donors (Lipinski definition) is 0. The number of piperidine rings is 2. The van der Waals surface area contributed by atoms with E-state index in [1.54, 1.807) is 6.20 Å². The van der Waals surface area contributed by atoms with Gasteiger partial charge in [0.1, 0.15) is 0 Å². The van der Waals surface area contributed by atoms with E-state index >= 15 is 0 Å². The minimum Gasteiger partial charge on any atom is -0.341 e. The van der Waals surface area contributed by atoms with Crippen molar-refractivity contribution in [2.45, 2.75) is 44.9 Å². The Morgan fingerprint density at radius 2 is 1.79 bits per heavy atom. The molecule has 1 aromatic carbocycles. The molecule has 0 saturated carbocycles. The van der Waals surface area contributed by atoms with E-state index in [0.29, 0.717) is 6.54 Å². The Labute approximate surface area is 195 Å². The highest BCUT2D eigenvalue weighted by Gasteiger charge is 2.29. The lowest BCUT2D eigenvalue weighted by atomic mass is 9.90. The fourth-order valence-electron chi connectivity index (χ4n) is 4.95. The molecule has 2 aliphatic heterocycles. The number of nitrogens with zero attached hydrogens (tertiary/aromatic N) is 5. The normalized spacial score (nSPS) is 18.9. The molecule has 0 bridgehead atoms. The number of carbonyl (C=O) groups is 1. The van der Waals surface area contributed by atoms with E-state index in [9.17, 15) is 4.79 Å². The van der Waals surface area contributed by atoms with Gasteiger partial charge in [0.25, 0.3) is 5.91 Å². The number of aromatic nitrogens is 3. The Hall–Kier alpha value is -3.28. The fourth-order valence-corrected chi connectivity index (χ4v) is 4.95. The third kappa shape index (κ3) is 4.75. The van der Waals surface area contributed by atoms with Crippen molar-refractivity contribution in [2.75, 3.05) is 31.1 Å². The zero-order valence-corrected chi connectivity index (χ0v) is 19.3. The van der Waals surface area contributed by atoms with E-state index in [2.05, 4.69) is 16.0 Å². The molecule has 6 heteroatoms. The van der Waals surface area contributed by atoms with Gasteiger partial charge in [-0.15, -0.1) is 0 Å². The predicted octanol–water partition coefficient (Wildman–Crippen LogP) is 4.86. The Morgan fingerprint density at radius 3 is 2.55 bits per heavy atom. The van der Waals surface area contributed by atoms with Gasteiger partial charge in [-0.3, -0.25) is 9.78 Å². The molecule has 2 fully saturated rings. The molecule has 0 aliphatic carbocycles. The Morgan fingerprint density at radius 1 is 0.970 bits per heavy atom. The van der Waals surface area contributed by atoms with Crippen molar-refractivity contribution in [1.82, 2.24) is 19.9 Å². The number of rotatable bonds is 4. The predicted molar refractivity (Wildman–Crippen MR) is 130 cm³/mol. The summed E-state index contributed by atoms with van der Waals surface area (Å²) in [6.45, 7) is 5.52. The van der Waals surface area contributed by atoms with Gasteiger partial charge in [-0.1, -0.05) is 23.8 Å². The van der Waals surface area contributed by atoms with Crippen LogP contribution in [0.15, 0.2) is 55.0 Å². The van der Waals surface area contributed by atoms with Crippen LogP contribution in [0.3, 0.4) is 0 Å². The van der Waals surface area contributed by atoms with Crippen molar-refractivity contribution in [2.24, 2.45) is 0 Å². The highest BCUT2D eigenvalue weighted by atomic mass is 16.2. The molecule has 0 unspecified atom stereocenters. The molecule has 2 aromatic heterocycles. The minimum absolute atomic E-state index is 0.105. The van der Waals surface area contributed by atoms with Crippen LogP contribution in [0.5, 0.6) is 0 Å². The first-order chi connectivity index (χ1) is 16.2. The number of amides is 1. The zero-order chi connectivity index (χ0) is 22.6. The maximum atomic E-state index is 13.2. The van der Waals surface area contributed by atoms with Gasteiger partial charge in [0.15, 0.2) is 0 Å². The summed E-state index contributed by atoms with van der Waals surface area (Å²) in [5.74, 6) is 1.10. The largest absolute Gasteiger partial charge is 0.341 e. The first kappa shape index (κ1) is 21.6. The second-order valence-electron chi connectivity index (χ2n) is 9.21. The molecule has 4 heterocycles. The third-order valence-electron chi connectivity index (χ3n) is 6.81. The van der Waals surface area contributed by atoms with Gasteiger partial charge in [0.2, 0.25) is 5.95 Å². The molecular weight excluding hydrogens is 410 g/mol. The molecule has 2 aliphatic rings. The van der Waals surface area contributed by atoms with Crippen LogP contribution in [0.2, 0.25) is 0 Å². The molecule has 33 heavy (non-hydrogen) atoms. The summed E-state index contributed by atoms with van der Waals surface area (Å²) < 4.78 is 0. The van der Waals surface area contributed by atoms with E-state index in [1.165, 1.54) is 19.3 Å². The summed E-state index contributed by atoms with van der Waals surface area (Å²) in [5, 5.41) is 0. The lowest BCUT2D eigenvalue weighted by molar-refractivity contribution is 0.0706. The van der Waals surface area contributed by atoms with Gasteiger partial charge >= 0.3 is 0 Å². The Bertz CT molecular complexity index is 1090. The molecule has 2 saturated heterocycles. The maximum absolute atomic E-state index is 13.2. The second-order valence-corrected chi connectivity index (χ2v) is 9.21. The van der Waals surface area contributed by atoms with Gasteiger partial charge in [0.05, 0.1) is 5.69 Å². The van der Waals surface area contributed by atoms with Crippen LogP contribution in [0.25, 0.3) is 11.1 Å². The topological polar surface area (TPSA) is 62.2 Å². The van der Waals surface area contributed by atoms with Gasteiger partial charge in [-0.05, 0) is 57.2 Å². The standard InChI is InChI=1S/C27H31N5O/c1-20-9-11-21(12-10-20)26(33)32-16-6-8-23(19-32)25-24(22-7-5-13-28-17-22)18-29-27(30-25)31-14-3-2-4-15-31/h5,7,9-13,17-18,23H,2-4,6,8,14-16,19H2,1H3/t23-/m0/s1. The Balaban J connectivity index is 1.46. The number of pyridine rings is 1. The molecule has 6 nitrogen and oxygen atoms in total. The number of likely N-dealkylation sites (tertiary alicyclic amines) is 1. The van der Waals surface area contributed by atoms with Crippen molar-refractivity contribution in [3.05, 3.63) is 71.8 Å². The van der Waals surface area contributed by atoms with Crippen LogP contribution in [0, 0.1) is 6.92 Å². The van der Waals surface area contributed by atoms with Crippen molar-refractivity contribution in [3.8, 4) is 11.1 Å². The monoisotopic (exact) mass is 441 g/mol. The highest BCUT2D eigenvalue weighted by Crippen LogP contribution is 2.34. The molecule has 170 valence electrons. The average molecular weight is 442 g/mol. The minimum atomic E-state index is 0.105. The van der Waals surface area contributed by atoms with E-state index in [-0.39, 0.29) is 11.8 Å². The fraction of sp³-hybridized carbons (Fsp3) is 0.407. The first-order valence-electron chi connectivity index (χ1n) is 12.1. The first-order valence-corrected chi connectivity index (χ1v) is 12.1. The van der Waals surface area contributed by atoms with E-state index in [0.717, 1.165) is 66.4 Å². The van der Waals surface area contributed by atoms with E-state index in [4.69, 9.17) is 9.97 Å². The van der Waals surface area contributed by atoms with Crippen LogP contribution >= 0.6 is 0 Å². The number of hydrogen-bond acceptors (Lipinski definition) is 5. The van der Waals surface area contributed by atoms with Crippen molar-refractivity contribution in [3.63, 3.8) is 0 Å². The summed E-state index contributed by atoms with van der Waals surface area (Å²) in [6, 6.07) is 11.9.